The molecule has 1 atom stereocenters. The van der Waals surface area contributed by atoms with Crippen LogP contribution in [0.5, 0.6) is 5.75 Å². The van der Waals surface area contributed by atoms with E-state index in [4.69, 9.17) is 9.47 Å². The van der Waals surface area contributed by atoms with E-state index in [1.807, 2.05) is 60.7 Å². The SMILES string of the molecule is COC(=O)C(Cc1ccc(OC)c(F)c1)N(Cc1ccccc1)Cc1ccccc1. The van der Waals surface area contributed by atoms with Crippen molar-refractivity contribution in [1.82, 2.24) is 4.90 Å². The van der Waals surface area contributed by atoms with Gasteiger partial charge in [0.15, 0.2) is 11.6 Å². The van der Waals surface area contributed by atoms with Gasteiger partial charge in [0.2, 0.25) is 0 Å². The van der Waals surface area contributed by atoms with E-state index in [-0.39, 0.29) is 11.7 Å². The van der Waals surface area contributed by atoms with Gasteiger partial charge in [0.1, 0.15) is 6.04 Å². The van der Waals surface area contributed by atoms with E-state index in [1.54, 1.807) is 12.1 Å². The van der Waals surface area contributed by atoms with Crippen molar-refractivity contribution in [3.8, 4) is 5.75 Å². The Morgan fingerprint density at radius 3 is 1.90 bits per heavy atom. The van der Waals surface area contributed by atoms with Gasteiger partial charge in [-0.05, 0) is 35.2 Å². The molecule has 0 amide bonds. The van der Waals surface area contributed by atoms with E-state index < -0.39 is 11.9 Å². The standard InChI is InChI=1S/C25H26FNO3/c1-29-24-14-13-21(15-22(24)26)16-23(25(28)30-2)27(17-19-9-5-3-6-10-19)18-20-11-7-4-8-12-20/h3-15,23H,16-18H2,1-2H3. The van der Waals surface area contributed by atoms with Gasteiger partial charge in [-0.1, -0.05) is 66.7 Å². The van der Waals surface area contributed by atoms with Crippen LogP contribution in [-0.4, -0.2) is 31.1 Å². The molecule has 0 aliphatic rings. The van der Waals surface area contributed by atoms with Crippen LogP contribution in [-0.2, 0) is 29.0 Å². The van der Waals surface area contributed by atoms with Crippen LogP contribution in [0.1, 0.15) is 16.7 Å². The summed E-state index contributed by atoms with van der Waals surface area (Å²) >= 11 is 0. The summed E-state index contributed by atoms with van der Waals surface area (Å²) in [5.74, 6) is -0.617. The van der Waals surface area contributed by atoms with Gasteiger partial charge in [0.05, 0.1) is 14.2 Å². The smallest absolute Gasteiger partial charge is 0.323 e. The monoisotopic (exact) mass is 407 g/mol. The molecule has 0 radical (unpaired) electrons. The number of esters is 1. The number of hydrogen-bond donors (Lipinski definition) is 0. The van der Waals surface area contributed by atoms with Crippen molar-refractivity contribution in [1.29, 1.82) is 0 Å². The van der Waals surface area contributed by atoms with Gasteiger partial charge in [-0.15, -0.1) is 0 Å². The Balaban J connectivity index is 1.91. The highest BCUT2D eigenvalue weighted by molar-refractivity contribution is 5.76. The van der Waals surface area contributed by atoms with Gasteiger partial charge in [0, 0.05) is 13.1 Å². The highest BCUT2D eigenvalue weighted by atomic mass is 19.1. The van der Waals surface area contributed by atoms with E-state index in [2.05, 4.69) is 4.90 Å². The molecule has 0 fully saturated rings. The molecule has 5 heteroatoms. The molecule has 3 aromatic rings. The summed E-state index contributed by atoms with van der Waals surface area (Å²) in [4.78, 5) is 14.8. The zero-order valence-electron chi connectivity index (χ0n) is 17.3. The minimum absolute atomic E-state index is 0.179. The Bertz CT molecular complexity index is 906. The van der Waals surface area contributed by atoms with Crippen molar-refractivity contribution in [3.63, 3.8) is 0 Å². The number of methoxy groups -OCH3 is 2. The van der Waals surface area contributed by atoms with Crippen LogP contribution in [0.25, 0.3) is 0 Å². The largest absolute Gasteiger partial charge is 0.494 e. The Hall–Kier alpha value is -3.18. The summed E-state index contributed by atoms with van der Waals surface area (Å²) in [5.41, 5.74) is 2.88. The zero-order valence-corrected chi connectivity index (χ0v) is 17.3. The lowest BCUT2D eigenvalue weighted by Crippen LogP contribution is -2.42. The van der Waals surface area contributed by atoms with Crippen molar-refractivity contribution in [2.24, 2.45) is 0 Å². The lowest BCUT2D eigenvalue weighted by molar-refractivity contribution is -0.147. The second-order valence-electron chi connectivity index (χ2n) is 7.09. The topological polar surface area (TPSA) is 38.8 Å². The molecule has 0 heterocycles. The molecular weight excluding hydrogens is 381 g/mol. The van der Waals surface area contributed by atoms with E-state index in [0.29, 0.717) is 25.1 Å². The fraction of sp³-hybridized carbons (Fsp3) is 0.240. The number of carbonyl (C=O) groups is 1. The van der Waals surface area contributed by atoms with Crippen LogP contribution >= 0.6 is 0 Å². The Morgan fingerprint density at radius 1 is 0.867 bits per heavy atom. The minimum Gasteiger partial charge on any atom is -0.494 e. The van der Waals surface area contributed by atoms with Gasteiger partial charge in [-0.2, -0.15) is 0 Å². The van der Waals surface area contributed by atoms with Crippen molar-refractivity contribution in [2.75, 3.05) is 14.2 Å². The van der Waals surface area contributed by atoms with Crippen LogP contribution < -0.4 is 4.74 Å². The molecule has 0 aliphatic carbocycles. The molecule has 0 saturated heterocycles. The first-order chi connectivity index (χ1) is 14.6. The maximum atomic E-state index is 14.2. The highest BCUT2D eigenvalue weighted by Crippen LogP contribution is 2.22. The van der Waals surface area contributed by atoms with E-state index in [9.17, 15) is 9.18 Å². The molecular formula is C25H26FNO3. The van der Waals surface area contributed by atoms with Crippen molar-refractivity contribution in [2.45, 2.75) is 25.6 Å². The summed E-state index contributed by atoms with van der Waals surface area (Å²) in [7, 11) is 2.81. The average molecular weight is 407 g/mol. The number of ether oxygens (including phenoxy) is 2. The summed E-state index contributed by atoms with van der Waals surface area (Å²) in [6.45, 7) is 1.13. The summed E-state index contributed by atoms with van der Waals surface area (Å²) in [5, 5.41) is 0. The number of nitrogens with zero attached hydrogens (tertiary/aromatic N) is 1. The van der Waals surface area contributed by atoms with Crippen molar-refractivity contribution >= 4 is 5.97 Å². The fourth-order valence-corrected chi connectivity index (χ4v) is 3.47. The molecule has 0 spiro atoms. The Morgan fingerprint density at radius 2 is 1.43 bits per heavy atom. The normalized spacial score (nSPS) is 11.9. The molecule has 0 bridgehead atoms. The van der Waals surface area contributed by atoms with Crippen LogP contribution in [0.3, 0.4) is 0 Å². The number of carbonyl (C=O) groups excluding carboxylic acids is 1. The van der Waals surface area contributed by atoms with E-state index in [1.165, 1.54) is 20.3 Å². The molecule has 0 aromatic heterocycles. The van der Waals surface area contributed by atoms with E-state index >= 15 is 0 Å². The molecule has 0 N–H and O–H groups in total. The lowest BCUT2D eigenvalue weighted by atomic mass is 10.0. The highest BCUT2D eigenvalue weighted by Gasteiger charge is 2.28. The first kappa shape index (κ1) is 21.5. The Labute approximate surface area is 176 Å². The number of halogens is 1. The van der Waals surface area contributed by atoms with Gasteiger partial charge < -0.3 is 9.47 Å². The van der Waals surface area contributed by atoms with Gasteiger partial charge in [-0.3, -0.25) is 9.69 Å². The van der Waals surface area contributed by atoms with E-state index in [0.717, 1.165) is 11.1 Å². The second-order valence-corrected chi connectivity index (χ2v) is 7.09. The van der Waals surface area contributed by atoms with Crippen LogP contribution in [0.15, 0.2) is 78.9 Å². The molecule has 4 nitrogen and oxygen atoms in total. The lowest BCUT2D eigenvalue weighted by Gasteiger charge is -2.30. The summed E-state index contributed by atoms with van der Waals surface area (Å²) in [6.07, 6.45) is 0.327. The van der Waals surface area contributed by atoms with Gasteiger partial charge in [0.25, 0.3) is 0 Å². The predicted octanol–water partition coefficient (Wildman–Crippen LogP) is 4.62. The summed E-state index contributed by atoms with van der Waals surface area (Å²) in [6, 6.07) is 24.1. The van der Waals surface area contributed by atoms with Crippen molar-refractivity contribution in [3.05, 3.63) is 101 Å². The summed E-state index contributed by atoms with van der Waals surface area (Å²) < 4.78 is 24.3. The third-order valence-electron chi connectivity index (χ3n) is 5.02. The molecule has 3 rings (SSSR count). The van der Waals surface area contributed by atoms with Gasteiger partial charge in [-0.25, -0.2) is 4.39 Å². The van der Waals surface area contributed by atoms with Crippen LogP contribution in [0.2, 0.25) is 0 Å². The fourth-order valence-electron chi connectivity index (χ4n) is 3.47. The predicted molar refractivity (Wildman–Crippen MR) is 115 cm³/mol. The first-order valence-electron chi connectivity index (χ1n) is 9.83. The third-order valence-corrected chi connectivity index (χ3v) is 5.02. The molecule has 30 heavy (non-hydrogen) atoms. The van der Waals surface area contributed by atoms with Gasteiger partial charge >= 0.3 is 5.97 Å². The molecule has 0 saturated carbocycles. The van der Waals surface area contributed by atoms with Crippen LogP contribution in [0.4, 0.5) is 4.39 Å². The van der Waals surface area contributed by atoms with Crippen LogP contribution in [0, 0.1) is 5.82 Å². The maximum Gasteiger partial charge on any atom is 0.323 e. The van der Waals surface area contributed by atoms with Crippen molar-refractivity contribution < 1.29 is 18.7 Å². The zero-order chi connectivity index (χ0) is 21.3. The Kier molecular flexibility index (Phi) is 7.57. The first-order valence-corrected chi connectivity index (χ1v) is 9.83. The maximum absolute atomic E-state index is 14.2. The average Bonchev–Trinajstić information content (AvgIpc) is 2.78. The third kappa shape index (κ3) is 5.67. The number of hydrogen-bond acceptors (Lipinski definition) is 4. The molecule has 1 unspecified atom stereocenters. The number of benzene rings is 3. The molecule has 3 aromatic carbocycles. The minimum atomic E-state index is -0.566. The molecule has 0 aliphatic heterocycles. The number of rotatable bonds is 9. The quantitative estimate of drug-likeness (QED) is 0.485. The second kappa shape index (κ2) is 10.6. The molecule has 156 valence electrons.